The molecule has 198 valence electrons. The Hall–Kier alpha value is -4.33. The number of carbonyl (C=O) groups is 1. The van der Waals surface area contributed by atoms with Gasteiger partial charge in [0.2, 0.25) is 5.82 Å². The van der Waals surface area contributed by atoms with E-state index in [1.165, 1.54) is 19.2 Å². The predicted octanol–water partition coefficient (Wildman–Crippen LogP) is 3.21. The van der Waals surface area contributed by atoms with E-state index in [1.807, 2.05) is 0 Å². The molecule has 38 heavy (non-hydrogen) atoms. The second-order valence-corrected chi connectivity index (χ2v) is 8.80. The second kappa shape index (κ2) is 9.20. The zero-order valence-electron chi connectivity index (χ0n) is 19.8. The lowest BCUT2D eigenvalue weighted by Crippen LogP contribution is -2.31. The van der Waals surface area contributed by atoms with Crippen LogP contribution in [0.4, 0.5) is 33.3 Å². The monoisotopic (exact) mass is 533 g/mol. The zero-order chi connectivity index (χ0) is 27.4. The Morgan fingerprint density at radius 2 is 1.82 bits per heavy atom. The van der Waals surface area contributed by atoms with Crippen molar-refractivity contribution in [3.8, 4) is 5.69 Å². The molecule has 1 fully saturated rings. The number of nitrogens with one attached hydrogen (secondary N) is 1. The van der Waals surface area contributed by atoms with Gasteiger partial charge in [-0.05, 0) is 36.8 Å². The molecule has 2 aromatic carbocycles. The highest BCUT2D eigenvalue weighted by molar-refractivity contribution is 6.09. The first-order valence-corrected chi connectivity index (χ1v) is 11.4. The lowest BCUT2D eigenvalue weighted by Gasteiger charge is -2.22. The van der Waals surface area contributed by atoms with E-state index in [4.69, 9.17) is 5.73 Å². The van der Waals surface area contributed by atoms with Gasteiger partial charge in [0.15, 0.2) is 11.6 Å². The van der Waals surface area contributed by atoms with Gasteiger partial charge in [-0.3, -0.25) is 9.59 Å². The van der Waals surface area contributed by atoms with E-state index in [1.54, 1.807) is 4.90 Å². The Morgan fingerprint density at radius 3 is 2.45 bits per heavy atom. The maximum absolute atomic E-state index is 14.3. The van der Waals surface area contributed by atoms with E-state index < -0.39 is 46.4 Å². The molecule has 0 saturated carbocycles. The molecule has 1 aliphatic heterocycles. The van der Waals surface area contributed by atoms with E-state index in [0.29, 0.717) is 24.2 Å². The van der Waals surface area contributed by atoms with Gasteiger partial charge in [0, 0.05) is 32.4 Å². The lowest BCUT2D eigenvalue weighted by molar-refractivity contribution is -0.146. The molecular weight excluding hydrogens is 513 g/mol. The number of fused-ring (bicyclic) bond motifs is 1. The molecule has 9 nitrogen and oxygen atoms in total. The Kier molecular flexibility index (Phi) is 6.13. The van der Waals surface area contributed by atoms with Crippen LogP contribution in [0, 0.1) is 11.6 Å². The van der Waals surface area contributed by atoms with E-state index in [0.717, 1.165) is 35.0 Å². The molecule has 0 aliphatic carbocycles. The van der Waals surface area contributed by atoms with Crippen LogP contribution in [0.3, 0.4) is 0 Å². The minimum atomic E-state index is -4.72. The van der Waals surface area contributed by atoms with Gasteiger partial charge >= 0.3 is 6.18 Å². The molecule has 1 amide bonds. The molecule has 4 aromatic rings. The van der Waals surface area contributed by atoms with E-state index >= 15 is 0 Å². The van der Waals surface area contributed by atoms with Crippen LogP contribution in [0.5, 0.6) is 0 Å². The molecule has 2 aromatic heterocycles. The number of amides is 1. The fourth-order valence-electron chi connectivity index (χ4n) is 4.54. The number of para-hydroxylation sites is 1. The Bertz CT molecular complexity index is 1610. The number of anilines is 2. The number of aromatic nitrogens is 4. The van der Waals surface area contributed by atoms with Crippen molar-refractivity contribution >= 4 is 28.3 Å². The highest BCUT2D eigenvalue weighted by atomic mass is 19.4. The van der Waals surface area contributed by atoms with Crippen molar-refractivity contribution in [3.05, 3.63) is 76.0 Å². The van der Waals surface area contributed by atoms with Gasteiger partial charge in [0.25, 0.3) is 11.5 Å². The molecular formula is C24H20F5N7O2. The summed E-state index contributed by atoms with van der Waals surface area (Å²) in [7, 11) is 1.23. The molecule has 1 aliphatic rings. The third-order valence-corrected chi connectivity index (χ3v) is 6.31. The topological polar surface area (TPSA) is 111 Å². The number of carbonyl (C=O) groups excluding carboxylic acids is 1. The summed E-state index contributed by atoms with van der Waals surface area (Å²) < 4.78 is 70.6. The maximum Gasteiger partial charge on any atom is 0.449 e. The van der Waals surface area contributed by atoms with Crippen LogP contribution in [0.25, 0.3) is 16.7 Å². The van der Waals surface area contributed by atoms with Gasteiger partial charge in [0.1, 0.15) is 16.8 Å². The van der Waals surface area contributed by atoms with Crippen LogP contribution >= 0.6 is 0 Å². The molecule has 14 heteroatoms. The highest BCUT2D eigenvalue weighted by Gasteiger charge is 2.38. The maximum atomic E-state index is 14.3. The van der Waals surface area contributed by atoms with Gasteiger partial charge < -0.3 is 20.5 Å². The van der Waals surface area contributed by atoms with E-state index in [-0.39, 0.29) is 28.5 Å². The minimum Gasteiger partial charge on any atom is -0.366 e. The van der Waals surface area contributed by atoms with Crippen LogP contribution in [0.15, 0.2) is 47.4 Å². The van der Waals surface area contributed by atoms with Gasteiger partial charge in [-0.25, -0.2) is 13.8 Å². The summed E-state index contributed by atoms with van der Waals surface area (Å²) in [4.78, 5) is 31.7. The van der Waals surface area contributed by atoms with Gasteiger partial charge in [0.05, 0.1) is 16.9 Å². The van der Waals surface area contributed by atoms with Gasteiger partial charge in [-0.15, -0.1) is 0 Å². The normalized spacial score (nSPS) is 15.9. The van der Waals surface area contributed by atoms with Crippen molar-refractivity contribution < 1.29 is 26.7 Å². The molecule has 0 unspecified atom stereocenters. The summed E-state index contributed by atoms with van der Waals surface area (Å²) >= 11 is 0. The smallest absolute Gasteiger partial charge is 0.366 e. The number of halogens is 5. The fraction of sp³-hybridized carbons (Fsp3) is 0.250. The number of nitrogens with two attached hydrogens (primary N) is 1. The summed E-state index contributed by atoms with van der Waals surface area (Å²) in [5.74, 6) is -4.21. The summed E-state index contributed by atoms with van der Waals surface area (Å²) in [6.45, 7) is 0.699. The van der Waals surface area contributed by atoms with E-state index in [2.05, 4.69) is 15.4 Å². The average Bonchev–Trinajstić information content (AvgIpc) is 3.42. The third kappa shape index (κ3) is 4.26. The molecule has 5 rings (SSSR count). The average molecular weight is 533 g/mol. The molecule has 3 heterocycles. The Morgan fingerprint density at radius 1 is 1.11 bits per heavy atom. The van der Waals surface area contributed by atoms with Gasteiger partial charge in [-0.1, -0.05) is 6.07 Å². The number of hydrogen-bond donors (Lipinski definition) is 2. The first-order chi connectivity index (χ1) is 18.0. The number of rotatable bonds is 4. The molecule has 0 spiro atoms. The van der Waals surface area contributed by atoms with Crippen molar-refractivity contribution in [3.63, 3.8) is 0 Å². The zero-order valence-corrected chi connectivity index (χ0v) is 19.8. The third-order valence-electron chi connectivity index (χ3n) is 6.31. The Balaban J connectivity index is 1.60. The van der Waals surface area contributed by atoms with Crippen molar-refractivity contribution in [2.75, 3.05) is 23.3 Å². The van der Waals surface area contributed by atoms with Crippen LogP contribution < -0.4 is 21.5 Å². The van der Waals surface area contributed by atoms with E-state index in [9.17, 15) is 31.5 Å². The first-order valence-electron chi connectivity index (χ1n) is 11.4. The first kappa shape index (κ1) is 25.3. The van der Waals surface area contributed by atoms with Crippen molar-refractivity contribution in [2.24, 2.45) is 12.8 Å². The number of hydrogen-bond acceptors (Lipinski definition) is 6. The molecule has 3 N–H and O–H groups in total. The van der Waals surface area contributed by atoms with Crippen LogP contribution in [-0.2, 0) is 13.2 Å². The standard InChI is InChI=1S/C24H20F5N7O2/c1-34-17-6-5-16(20(35-10-8-12(30)11-35)18(17)33-23(34)24(27,28)29)32-21(37)13-7-9-31-36(22(13)38)19-14(25)3-2-4-15(19)26/h2-7,9,12H,8,10-11,30H2,1H3,(H,32,37)/t12-/m0/s1. The summed E-state index contributed by atoms with van der Waals surface area (Å²) in [5, 5.41) is 6.23. The molecule has 0 bridgehead atoms. The lowest BCUT2D eigenvalue weighted by atomic mass is 10.2. The Labute approximate surface area is 211 Å². The summed E-state index contributed by atoms with van der Waals surface area (Å²) in [6.07, 6.45) is -3.13. The van der Waals surface area contributed by atoms with Gasteiger partial charge in [-0.2, -0.15) is 23.0 Å². The van der Waals surface area contributed by atoms with Crippen LogP contribution in [0.2, 0.25) is 0 Å². The number of imidazole rings is 1. The van der Waals surface area contributed by atoms with Crippen molar-refractivity contribution in [1.29, 1.82) is 0 Å². The largest absolute Gasteiger partial charge is 0.449 e. The highest BCUT2D eigenvalue weighted by Crippen LogP contribution is 2.39. The molecule has 1 saturated heterocycles. The number of nitrogens with zero attached hydrogens (tertiary/aromatic N) is 5. The SMILES string of the molecule is Cn1c(C(F)(F)F)nc2c(N3CC[C@H](N)C3)c(NC(=O)c3ccnn(-c4c(F)cccc4F)c3=O)ccc21. The quantitative estimate of drug-likeness (QED) is 0.390. The predicted molar refractivity (Wildman–Crippen MR) is 128 cm³/mol. The number of alkyl halides is 3. The summed E-state index contributed by atoms with van der Waals surface area (Å²) in [5.41, 5.74) is 4.13. The minimum absolute atomic E-state index is 0.00714. The second-order valence-electron chi connectivity index (χ2n) is 8.80. The van der Waals surface area contributed by atoms with Crippen molar-refractivity contribution in [2.45, 2.75) is 18.6 Å². The van der Waals surface area contributed by atoms with Crippen LogP contribution in [-0.4, -0.2) is 44.4 Å². The fourth-order valence-corrected chi connectivity index (χ4v) is 4.54. The molecule has 1 atom stereocenters. The number of aryl methyl sites for hydroxylation is 1. The summed E-state index contributed by atoms with van der Waals surface area (Å²) in [6, 6.07) is 6.57. The van der Waals surface area contributed by atoms with Crippen molar-refractivity contribution in [1.82, 2.24) is 19.3 Å². The molecule has 0 radical (unpaired) electrons. The van der Waals surface area contributed by atoms with Crippen LogP contribution in [0.1, 0.15) is 22.6 Å². The number of benzene rings is 2.